The van der Waals surface area contributed by atoms with Crippen LogP contribution in [0.25, 0.3) is 22.4 Å². The van der Waals surface area contributed by atoms with Gasteiger partial charge in [0.25, 0.3) is 5.91 Å². The topological polar surface area (TPSA) is 70.6 Å². The summed E-state index contributed by atoms with van der Waals surface area (Å²) in [6.45, 7) is 2.40. The van der Waals surface area contributed by atoms with Crippen molar-refractivity contribution in [3.63, 3.8) is 0 Å². The summed E-state index contributed by atoms with van der Waals surface area (Å²) in [7, 11) is 0. The Bertz CT molecular complexity index is 1730. The standard InChI is InChI=1S/C37H34N2O3/c1-25(28-20-19-27-13-5-6-14-29(27)22-28)38-24-34(40)33(21-26-11-3-2-4-12-26)39-37(41)32-23-30-15-7-9-17-35(30)42-36-18-10-8-16-31(32)36/h2-20,22-23,25,33-34,38,40H,21,24H2,1H3,(H,39,41)/t25-,33-,34+/m0/s1. The van der Waals surface area contributed by atoms with Gasteiger partial charge in [0, 0.05) is 23.7 Å². The Hall–Kier alpha value is -4.71. The minimum Gasteiger partial charge on any atom is -0.456 e. The van der Waals surface area contributed by atoms with Crippen LogP contribution in [0.1, 0.15) is 35.2 Å². The molecule has 42 heavy (non-hydrogen) atoms. The maximum absolute atomic E-state index is 13.9. The Kier molecular flexibility index (Phi) is 8.13. The molecular formula is C37H34N2O3. The smallest absolute Gasteiger partial charge is 0.252 e. The molecule has 0 aliphatic carbocycles. The predicted octanol–water partition coefficient (Wildman–Crippen LogP) is 6.93. The molecule has 5 nitrogen and oxygen atoms in total. The first-order valence-corrected chi connectivity index (χ1v) is 14.4. The number of ether oxygens (including phenoxy) is 1. The molecule has 0 radical (unpaired) electrons. The van der Waals surface area contributed by atoms with Crippen LogP contribution in [0.2, 0.25) is 0 Å². The third-order valence-corrected chi connectivity index (χ3v) is 7.85. The fourth-order valence-electron chi connectivity index (χ4n) is 5.44. The number of aliphatic hydroxyl groups is 1. The molecular weight excluding hydrogens is 520 g/mol. The van der Waals surface area contributed by atoms with Gasteiger partial charge in [-0.1, -0.05) is 103 Å². The van der Waals surface area contributed by atoms with E-state index in [1.165, 1.54) is 10.8 Å². The summed E-state index contributed by atoms with van der Waals surface area (Å²) in [5.74, 6) is 1.06. The molecule has 5 aromatic carbocycles. The van der Waals surface area contributed by atoms with Crippen LogP contribution in [0, 0.1) is 0 Å². The lowest BCUT2D eigenvalue weighted by atomic mass is 9.97. The second kappa shape index (κ2) is 12.4. The van der Waals surface area contributed by atoms with Crippen molar-refractivity contribution in [3.8, 4) is 11.5 Å². The van der Waals surface area contributed by atoms with E-state index in [4.69, 9.17) is 4.74 Å². The zero-order chi connectivity index (χ0) is 28.9. The van der Waals surface area contributed by atoms with Gasteiger partial charge in [-0.05, 0) is 59.5 Å². The highest BCUT2D eigenvalue weighted by Gasteiger charge is 2.27. The molecule has 0 fully saturated rings. The number of fused-ring (bicyclic) bond motifs is 3. The molecule has 3 atom stereocenters. The van der Waals surface area contributed by atoms with Crippen LogP contribution < -0.4 is 15.4 Å². The minimum atomic E-state index is -0.831. The summed E-state index contributed by atoms with van der Waals surface area (Å²) in [4.78, 5) is 13.9. The van der Waals surface area contributed by atoms with E-state index in [1.54, 1.807) is 0 Å². The van der Waals surface area contributed by atoms with Gasteiger partial charge >= 0.3 is 0 Å². The van der Waals surface area contributed by atoms with Gasteiger partial charge in [0.15, 0.2) is 0 Å². The Labute approximate surface area is 246 Å². The van der Waals surface area contributed by atoms with E-state index in [0.29, 0.717) is 35.6 Å². The molecule has 0 aromatic heterocycles. The first-order chi connectivity index (χ1) is 20.5. The zero-order valence-electron chi connectivity index (χ0n) is 23.5. The third-order valence-electron chi connectivity index (χ3n) is 7.85. The molecule has 1 aliphatic rings. The molecule has 1 amide bonds. The van der Waals surface area contributed by atoms with Crippen molar-refractivity contribution in [2.75, 3.05) is 6.54 Å². The zero-order valence-corrected chi connectivity index (χ0v) is 23.5. The number of nitrogens with one attached hydrogen (secondary N) is 2. The number of benzene rings is 5. The number of hydrogen-bond donors (Lipinski definition) is 3. The first kappa shape index (κ1) is 27.5. The van der Waals surface area contributed by atoms with Crippen molar-refractivity contribution in [1.82, 2.24) is 10.6 Å². The second-order valence-electron chi connectivity index (χ2n) is 10.8. The van der Waals surface area contributed by atoms with Crippen LogP contribution in [-0.2, 0) is 11.2 Å². The quantitative estimate of drug-likeness (QED) is 0.185. The van der Waals surface area contributed by atoms with Crippen LogP contribution >= 0.6 is 0 Å². The van der Waals surface area contributed by atoms with E-state index in [1.807, 2.05) is 97.1 Å². The van der Waals surface area contributed by atoms with Gasteiger partial charge in [-0.2, -0.15) is 0 Å². The fraction of sp³-hybridized carbons (Fsp3) is 0.162. The van der Waals surface area contributed by atoms with Gasteiger partial charge in [-0.15, -0.1) is 0 Å². The summed E-state index contributed by atoms with van der Waals surface area (Å²) < 4.78 is 6.17. The van der Waals surface area contributed by atoms with Gasteiger partial charge in [0.2, 0.25) is 0 Å². The lowest BCUT2D eigenvalue weighted by Crippen LogP contribution is -2.49. The highest BCUT2D eigenvalue weighted by molar-refractivity contribution is 6.25. The average Bonchev–Trinajstić information content (AvgIpc) is 3.20. The molecule has 1 heterocycles. The number of carbonyl (C=O) groups is 1. The van der Waals surface area contributed by atoms with Crippen LogP contribution in [0.3, 0.4) is 0 Å². The Morgan fingerprint density at radius 1 is 0.786 bits per heavy atom. The Morgan fingerprint density at radius 3 is 2.31 bits per heavy atom. The molecule has 0 saturated carbocycles. The molecule has 0 unspecified atom stereocenters. The summed E-state index contributed by atoms with van der Waals surface area (Å²) in [6.07, 6.45) is 1.52. The number of aliphatic hydroxyl groups excluding tert-OH is 1. The normalized spacial score (nSPS) is 14.4. The van der Waals surface area contributed by atoms with Crippen molar-refractivity contribution < 1.29 is 14.6 Å². The SMILES string of the molecule is C[C@H](NC[C@@H](O)[C@H](Cc1ccccc1)NC(=O)C1=Cc2ccccc2Oc2ccccc21)c1ccc2ccccc2c1. The third kappa shape index (κ3) is 6.13. The predicted molar refractivity (Wildman–Crippen MR) is 169 cm³/mol. The Balaban J connectivity index is 1.23. The summed E-state index contributed by atoms with van der Waals surface area (Å²) in [5, 5.41) is 20.5. The van der Waals surface area contributed by atoms with E-state index >= 15 is 0 Å². The second-order valence-corrected chi connectivity index (χ2v) is 10.8. The van der Waals surface area contributed by atoms with Crippen molar-refractivity contribution >= 4 is 28.3 Å². The van der Waals surface area contributed by atoms with Gasteiger partial charge in [-0.25, -0.2) is 0 Å². The van der Waals surface area contributed by atoms with Crippen molar-refractivity contribution in [1.29, 1.82) is 0 Å². The van der Waals surface area contributed by atoms with Crippen molar-refractivity contribution in [3.05, 3.63) is 144 Å². The largest absolute Gasteiger partial charge is 0.456 e. The molecule has 1 aliphatic heterocycles. The monoisotopic (exact) mass is 554 g/mol. The van der Waals surface area contributed by atoms with Gasteiger partial charge in [-0.3, -0.25) is 4.79 Å². The molecule has 3 N–H and O–H groups in total. The van der Waals surface area contributed by atoms with Crippen LogP contribution in [0.4, 0.5) is 0 Å². The van der Waals surface area contributed by atoms with Crippen LogP contribution in [-0.4, -0.2) is 29.7 Å². The number of hydrogen-bond acceptors (Lipinski definition) is 4. The summed E-state index contributed by atoms with van der Waals surface area (Å²) in [5.41, 5.74) is 4.21. The number of para-hydroxylation sites is 2. The van der Waals surface area contributed by atoms with Crippen LogP contribution in [0.5, 0.6) is 11.5 Å². The van der Waals surface area contributed by atoms with Gasteiger partial charge in [0.05, 0.1) is 17.7 Å². The Morgan fingerprint density at radius 2 is 1.48 bits per heavy atom. The lowest BCUT2D eigenvalue weighted by molar-refractivity contribution is -0.117. The minimum absolute atomic E-state index is 0.0161. The first-order valence-electron chi connectivity index (χ1n) is 14.4. The molecule has 0 spiro atoms. The van der Waals surface area contributed by atoms with Crippen molar-refractivity contribution in [2.24, 2.45) is 0 Å². The molecule has 5 heteroatoms. The molecule has 6 rings (SSSR count). The van der Waals surface area contributed by atoms with Gasteiger partial charge in [0.1, 0.15) is 11.5 Å². The summed E-state index contributed by atoms with van der Waals surface area (Å²) in [6, 6.07) is 39.4. The lowest BCUT2D eigenvalue weighted by Gasteiger charge is -2.27. The fourth-order valence-corrected chi connectivity index (χ4v) is 5.44. The van der Waals surface area contributed by atoms with E-state index in [2.05, 4.69) is 47.9 Å². The number of rotatable bonds is 9. The highest BCUT2D eigenvalue weighted by atomic mass is 16.5. The maximum Gasteiger partial charge on any atom is 0.252 e. The van der Waals surface area contributed by atoms with E-state index in [-0.39, 0.29) is 11.9 Å². The van der Waals surface area contributed by atoms with E-state index in [0.717, 1.165) is 16.7 Å². The van der Waals surface area contributed by atoms with Gasteiger partial charge < -0.3 is 20.5 Å². The number of carbonyl (C=O) groups excluding carboxylic acids is 1. The van der Waals surface area contributed by atoms with Crippen LogP contribution in [0.15, 0.2) is 121 Å². The van der Waals surface area contributed by atoms with Crippen molar-refractivity contribution in [2.45, 2.75) is 31.5 Å². The number of amides is 1. The summed E-state index contributed by atoms with van der Waals surface area (Å²) >= 11 is 0. The average molecular weight is 555 g/mol. The molecule has 210 valence electrons. The van der Waals surface area contributed by atoms with E-state index < -0.39 is 12.1 Å². The molecule has 5 aromatic rings. The maximum atomic E-state index is 13.9. The van der Waals surface area contributed by atoms with E-state index in [9.17, 15) is 9.90 Å². The molecule has 0 saturated heterocycles. The molecule has 0 bridgehead atoms. The highest BCUT2D eigenvalue weighted by Crippen LogP contribution is 2.38.